The Labute approximate surface area is 60.4 Å². The number of carboxylic acids is 1. The Morgan fingerprint density at radius 2 is 2.30 bits per heavy atom. The summed E-state index contributed by atoms with van der Waals surface area (Å²) in [5.74, 6) is -0.322. The van der Waals surface area contributed by atoms with Crippen LogP contribution in [0.1, 0.15) is 13.3 Å². The molecule has 0 spiro atoms. The zero-order chi connectivity index (χ0) is 7.56. The van der Waals surface area contributed by atoms with E-state index in [1.54, 1.807) is 0 Å². The lowest BCUT2D eigenvalue weighted by atomic mass is 9.92. The van der Waals surface area contributed by atoms with E-state index in [1.807, 2.05) is 0 Å². The minimum atomic E-state index is -0.668. The summed E-state index contributed by atoms with van der Waals surface area (Å²) in [4.78, 5) is 10.5. The molecule has 0 bridgehead atoms. The van der Waals surface area contributed by atoms with Crippen molar-refractivity contribution in [1.29, 1.82) is 0 Å². The molecule has 1 fully saturated rings. The van der Waals surface area contributed by atoms with Crippen molar-refractivity contribution in [3.63, 3.8) is 0 Å². The number of hydrogen-bond acceptors (Lipinski definition) is 2. The fourth-order valence-electron chi connectivity index (χ4n) is 1.34. The van der Waals surface area contributed by atoms with Gasteiger partial charge in [-0.25, -0.2) is 0 Å². The molecule has 0 radical (unpaired) electrons. The van der Waals surface area contributed by atoms with E-state index in [2.05, 4.69) is 12.2 Å². The fourth-order valence-corrected chi connectivity index (χ4v) is 1.34. The maximum absolute atomic E-state index is 10.5. The van der Waals surface area contributed by atoms with Gasteiger partial charge in [0, 0.05) is 6.54 Å². The molecular formula is C7H13NO2. The Bertz CT molecular complexity index is 136. The van der Waals surface area contributed by atoms with Gasteiger partial charge in [0.15, 0.2) is 0 Å². The Balaban J connectivity index is 2.39. The SMILES string of the molecule is C[C@H]1CNC[C@@H](C(=O)O)C1. The van der Waals surface area contributed by atoms with Gasteiger partial charge in [-0.15, -0.1) is 0 Å². The van der Waals surface area contributed by atoms with Crippen LogP contribution in [0.2, 0.25) is 0 Å². The molecule has 1 aliphatic rings. The van der Waals surface area contributed by atoms with Crippen LogP contribution in [0.15, 0.2) is 0 Å². The molecule has 0 aromatic heterocycles. The van der Waals surface area contributed by atoms with Crippen LogP contribution in [-0.4, -0.2) is 24.2 Å². The van der Waals surface area contributed by atoms with Gasteiger partial charge < -0.3 is 10.4 Å². The van der Waals surface area contributed by atoms with E-state index >= 15 is 0 Å². The van der Waals surface area contributed by atoms with Crippen LogP contribution in [-0.2, 0) is 4.79 Å². The summed E-state index contributed by atoms with van der Waals surface area (Å²) in [7, 11) is 0. The van der Waals surface area contributed by atoms with Crippen molar-refractivity contribution >= 4 is 5.97 Å². The second kappa shape index (κ2) is 3.01. The molecule has 10 heavy (non-hydrogen) atoms. The van der Waals surface area contributed by atoms with Crippen LogP contribution in [0.5, 0.6) is 0 Å². The fraction of sp³-hybridized carbons (Fsp3) is 0.857. The normalized spacial score (nSPS) is 33.7. The van der Waals surface area contributed by atoms with Crippen molar-refractivity contribution in [3.05, 3.63) is 0 Å². The average molecular weight is 143 g/mol. The summed E-state index contributed by atoms with van der Waals surface area (Å²) < 4.78 is 0. The first-order chi connectivity index (χ1) is 4.70. The number of aliphatic carboxylic acids is 1. The number of rotatable bonds is 1. The van der Waals surface area contributed by atoms with E-state index in [-0.39, 0.29) is 5.92 Å². The number of carbonyl (C=O) groups is 1. The van der Waals surface area contributed by atoms with Crippen molar-refractivity contribution in [2.45, 2.75) is 13.3 Å². The second-order valence-corrected chi connectivity index (χ2v) is 3.03. The predicted octanol–water partition coefficient (Wildman–Crippen LogP) is 0.317. The molecule has 0 saturated carbocycles. The third kappa shape index (κ3) is 1.70. The molecular weight excluding hydrogens is 130 g/mol. The summed E-state index contributed by atoms with van der Waals surface area (Å²) >= 11 is 0. The van der Waals surface area contributed by atoms with Gasteiger partial charge >= 0.3 is 5.97 Å². The molecule has 0 aliphatic carbocycles. The largest absolute Gasteiger partial charge is 0.481 e. The zero-order valence-corrected chi connectivity index (χ0v) is 6.13. The van der Waals surface area contributed by atoms with E-state index in [0.717, 1.165) is 13.0 Å². The van der Waals surface area contributed by atoms with E-state index in [4.69, 9.17) is 5.11 Å². The van der Waals surface area contributed by atoms with Gasteiger partial charge in [0.25, 0.3) is 0 Å². The Hall–Kier alpha value is -0.570. The molecule has 0 unspecified atom stereocenters. The standard InChI is InChI=1S/C7H13NO2/c1-5-2-6(7(9)10)4-8-3-5/h5-6,8H,2-4H2,1H3,(H,9,10)/t5-,6+/m1/s1. The zero-order valence-electron chi connectivity index (χ0n) is 6.13. The first-order valence-electron chi connectivity index (χ1n) is 3.63. The molecule has 0 aromatic carbocycles. The van der Waals surface area contributed by atoms with Gasteiger partial charge in [0.1, 0.15) is 0 Å². The topological polar surface area (TPSA) is 49.3 Å². The summed E-state index contributed by atoms with van der Waals surface area (Å²) in [6.45, 7) is 3.67. The molecule has 1 aliphatic heterocycles. The number of hydrogen-bond donors (Lipinski definition) is 2. The van der Waals surface area contributed by atoms with Crippen LogP contribution in [0, 0.1) is 11.8 Å². The van der Waals surface area contributed by atoms with Crippen molar-refractivity contribution in [2.24, 2.45) is 11.8 Å². The Morgan fingerprint density at radius 1 is 1.60 bits per heavy atom. The van der Waals surface area contributed by atoms with Crippen LogP contribution in [0.3, 0.4) is 0 Å². The van der Waals surface area contributed by atoms with E-state index in [9.17, 15) is 4.79 Å². The molecule has 58 valence electrons. The smallest absolute Gasteiger partial charge is 0.307 e. The van der Waals surface area contributed by atoms with Gasteiger partial charge in [-0.3, -0.25) is 4.79 Å². The lowest BCUT2D eigenvalue weighted by Gasteiger charge is -2.24. The molecule has 0 aromatic rings. The maximum atomic E-state index is 10.5. The van der Waals surface area contributed by atoms with Crippen molar-refractivity contribution in [3.8, 4) is 0 Å². The van der Waals surface area contributed by atoms with Crippen LogP contribution in [0.4, 0.5) is 0 Å². The Morgan fingerprint density at radius 3 is 2.70 bits per heavy atom. The van der Waals surface area contributed by atoms with Crippen molar-refractivity contribution < 1.29 is 9.90 Å². The van der Waals surface area contributed by atoms with Crippen LogP contribution < -0.4 is 5.32 Å². The molecule has 0 amide bonds. The highest BCUT2D eigenvalue weighted by atomic mass is 16.4. The highest BCUT2D eigenvalue weighted by Crippen LogP contribution is 2.15. The van der Waals surface area contributed by atoms with Crippen molar-refractivity contribution in [2.75, 3.05) is 13.1 Å². The van der Waals surface area contributed by atoms with E-state index in [1.165, 1.54) is 0 Å². The highest BCUT2D eigenvalue weighted by Gasteiger charge is 2.23. The minimum absolute atomic E-state index is 0.163. The molecule has 2 atom stereocenters. The maximum Gasteiger partial charge on any atom is 0.307 e. The quantitative estimate of drug-likeness (QED) is 0.555. The number of piperidine rings is 1. The van der Waals surface area contributed by atoms with Gasteiger partial charge in [-0.2, -0.15) is 0 Å². The average Bonchev–Trinajstić information content (AvgIpc) is 1.88. The van der Waals surface area contributed by atoms with Crippen LogP contribution >= 0.6 is 0 Å². The summed E-state index contributed by atoms with van der Waals surface area (Å²) in [5.41, 5.74) is 0. The lowest BCUT2D eigenvalue weighted by Crippen LogP contribution is -2.38. The predicted molar refractivity (Wildman–Crippen MR) is 37.8 cm³/mol. The third-order valence-corrected chi connectivity index (χ3v) is 1.92. The molecule has 1 heterocycles. The van der Waals surface area contributed by atoms with Gasteiger partial charge in [0.05, 0.1) is 5.92 Å². The first-order valence-corrected chi connectivity index (χ1v) is 3.63. The molecule has 3 nitrogen and oxygen atoms in total. The summed E-state index contributed by atoms with van der Waals surface area (Å²) in [6, 6.07) is 0. The molecule has 1 rings (SSSR count). The van der Waals surface area contributed by atoms with E-state index < -0.39 is 5.97 Å². The second-order valence-electron chi connectivity index (χ2n) is 3.03. The molecule has 2 N–H and O–H groups in total. The number of carboxylic acid groups (broad SMARTS) is 1. The van der Waals surface area contributed by atoms with Gasteiger partial charge in [0.2, 0.25) is 0 Å². The third-order valence-electron chi connectivity index (χ3n) is 1.92. The summed E-state index contributed by atoms with van der Waals surface area (Å²) in [5, 5.41) is 11.7. The monoisotopic (exact) mass is 143 g/mol. The molecule has 1 saturated heterocycles. The van der Waals surface area contributed by atoms with Gasteiger partial charge in [-0.05, 0) is 18.9 Å². The van der Waals surface area contributed by atoms with Gasteiger partial charge in [-0.1, -0.05) is 6.92 Å². The highest BCUT2D eigenvalue weighted by molar-refractivity contribution is 5.70. The minimum Gasteiger partial charge on any atom is -0.481 e. The molecule has 3 heteroatoms. The first kappa shape index (κ1) is 7.54. The van der Waals surface area contributed by atoms with E-state index in [0.29, 0.717) is 12.5 Å². The summed E-state index contributed by atoms with van der Waals surface area (Å²) in [6.07, 6.45) is 0.822. The van der Waals surface area contributed by atoms with Crippen molar-refractivity contribution in [1.82, 2.24) is 5.32 Å². The lowest BCUT2D eigenvalue weighted by molar-refractivity contribution is -0.142. The number of nitrogens with one attached hydrogen (secondary N) is 1. The Kier molecular flexibility index (Phi) is 2.27. The van der Waals surface area contributed by atoms with Crippen LogP contribution in [0.25, 0.3) is 0 Å².